The van der Waals surface area contributed by atoms with Gasteiger partial charge in [0.1, 0.15) is 22.7 Å². The SMILES string of the molecule is c1ccc(-c2ccc([Si]3(c4ccccc4-c4ccccc4-n4c5ccccc5c5ccccc54)c4ccccc4Oc4cc(-c5cccc6c5oc5ccccc56)ccc43)c(-c3ccccc3)c2)cc1. The summed E-state index contributed by atoms with van der Waals surface area (Å²) >= 11 is 0. The predicted molar refractivity (Wildman–Crippen MR) is 293 cm³/mol. The van der Waals surface area contributed by atoms with Gasteiger partial charge in [-0.2, -0.15) is 0 Å². The first-order valence-corrected chi connectivity index (χ1v) is 26.0. The van der Waals surface area contributed by atoms with Gasteiger partial charge in [-0.3, -0.25) is 0 Å². The first-order valence-electron chi connectivity index (χ1n) is 24.0. The van der Waals surface area contributed by atoms with Crippen LogP contribution in [0.4, 0.5) is 0 Å². The molecule has 0 radical (unpaired) electrons. The number of ether oxygens (including phenoxy) is 1. The van der Waals surface area contributed by atoms with E-state index in [1.54, 1.807) is 0 Å². The number of nitrogens with zero attached hydrogens (tertiary/aromatic N) is 1. The van der Waals surface area contributed by atoms with Gasteiger partial charge < -0.3 is 13.7 Å². The Morgan fingerprint density at radius 2 is 0.843 bits per heavy atom. The quantitative estimate of drug-likeness (QED) is 0.149. The van der Waals surface area contributed by atoms with Crippen molar-refractivity contribution >= 4 is 72.6 Å². The maximum atomic E-state index is 7.27. The summed E-state index contributed by atoms with van der Waals surface area (Å²) in [5.74, 6) is 1.73. The van der Waals surface area contributed by atoms with Crippen LogP contribution in [0.2, 0.25) is 0 Å². The van der Waals surface area contributed by atoms with Gasteiger partial charge in [-0.05, 0) is 96.6 Å². The third-order valence-electron chi connectivity index (χ3n) is 14.6. The van der Waals surface area contributed by atoms with E-state index in [1.165, 1.54) is 70.4 Å². The minimum atomic E-state index is -3.43. The smallest absolute Gasteiger partial charge is 0.189 e. The van der Waals surface area contributed by atoms with E-state index in [9.17, 15) is 0 Å². The van der Waals surface area contributed by atoms with E-state index in [2.05, 4.69) is 259 Å². The maximum Gasteiger partial charge on any atom is 0.189 e. The number of hydrogen-bond acceptors (Lipinski definition) is 2. The predicted octanol–water partition coefficient (Wildman–Crippen LogP) is 14.8. The lowest BCUT2D eigenvalue weighted by atomic mass is 9.99. The average molecular weight is 910 g/mol. The van der Waals surface area contributed by atoms with E-state index in [-0.39, 0.29) is 0 Å². The van der Waals surface area contributed by atoms with E-state index in [4.69, 9.17) is 9.15 Å². The molecule has 11 aromatic carbocycles. The molecule has 0 bridgehead atoms. The zero-order valence-electron chi connectivity index (χ0n) is 38.1. The monoisotopic (exact) mass is 909 g/mol. The van der Waals surface area contributed by atoms with Crippen molar-refractivity contribution in [3.05, 3.63) is 261 Å². The molecule has 0 N–H and O–H groups in total. The highest BCUT2D eigenvalue weighted by atomic mass is 28.3. The second-order valence-corrected chi connectivity index (χ2v) is 21.9. The number of benzene rings is 11. The van der Waals surface area contributed by atoms with Gasteiger partial charge in [-0.25, -0.2) is 0 Å². The van der Waals surface area contributed by atoms with Gasteiger partial charge in [0.05, 0.1) is 16.7 Å². The molecule has 3 nitrogen and oxygen atoms in total. The molecule has 1 atom stereocenters. The van der Waals surface area contributed by atoms with Crippen LogP contribution < -0.4 is 25.5 Å². The van der Waals surface area contributed by atoms with Crippen molar-refractivity contribution in [2.75, 3.05) is 0 Å². The molecular weight excluding hydrogens is 867 g/mol. The third kappa shape index (κ3) is 6.07. The molecule has 14 rings (SSSR count). The van der Waals surface area contributed by atoms with Gasteiger partial charge in [0, 0.05) is 32.7 Å². The fraction of sp³-hybridized carbons (Fsp3) is 0. The van der Waals surface area contributed by atoms with Gasteiger partial charge in [0.25, 0.3) is 0 Å². The molecule has 0 aliphatic carbocycles. The highest BCUT2D eigenvalue weighted by Gasteiger charge is 2.50. The number of hydrogen-bond donors (Lipinski definition) is 0. The lowest BCUT2D eigenvalue weighted by Gasteiger charge is -2.42. The molecule has 13 aromatic rings. The lowest BCUT2D eigenvalue weighted by Crippen LogP contribution is -2.76. The zero-order chi connectivity index (χ0) is 46.2. The summed E-state index contributed by atoms with van der Waals surface area (Å²) in [5, 5.41) is 9.67. The van der Waals surface area contributed by atoms with Crippen LogP contribution in [0.5, 0.6) is 11.5 Å². The van der Waals surface area contributed by atoms with Crippen molar-refractivity contribution < 1.29 is 9.15 Å². The Bertz CT molecular complexity index is 4120. The van der Waals surface area contributed by atoms with Crippen LogP contribution in [0.15, 0.2) is 265 Å². The molecule has 0 saturated carbocycles. The Balaban J connectivity index is 1.10. The summed E-state index contributed by atoms with van der Waals surface area (Å²) in [6.45, 7) is 0. The van der Waals surface area contributed by atoms with Gasteiger partial charge in [-0.15, -0.1) is 0 Å². The van der Waals surface area contributed by atoms with E-state index in [1.807, 2.05) is 6.07 Å². The van der Waals surface area contributed by atoms with Crippen LogP contribution in [0.3, 0.4) is 0 Å². The lowest BCUT2D eigenvalue weighted by molar-refractivity contribution is 0.487. The van der Waals surface area contributed by atoms with Crippen molar-refractivity contribution in [1.29, 1.82) is 0 Å². The average Bonchev–Trinajstić information content (AvgIpc) is 3.99. The molecule has 1 aliphatic heterocycles. The number of para-hydroxylation sites is 6. The van der Waals surface area contributed by atoms with Crippen LogP contribution >= 0.6 is 0 Å². The molecule has 3 heterocycles. The molecule has 70 heavy (non-hydrogen) atoms. The maximum absolute atomic E-state index is 7.27. The minimum absolute atomic E-state index is 0.854. The van der Waals surface area contributed by atoms with Crippen molar-refractivity contribution in [2.45, 2.75) is 0 Å². The number of rotatable bonds is 7. The Labute approximate surface area is 406 Å². The van der Waals surface area contributed by atoms with Crippen LogP contribution in [-0.4, -0.2) is 12.6 Å². The van der Waals surface area contributed by atoms with Crippen molar-refractivity contribution in [3.8, 4) is 61.7 Å². The standard InChI is InChI=1S/C66H43NO2Si/c1-3-20-44(21-4-1)46-38-40-63(55(42-46)45-22-5-2-6-23-45)70(62-36-17-11-28-53(62)51-26-9-14-33-58(51)67-56-31-12-7-24-49(56)50-25-8-13-32-57(50)67)64-37-18-16-35-60(64)68-61-43-47(39-41-65(61)70)48-29-19-30-54-52-27-10-15-34-59(52)69-66(48)54/h1-43H. The topological polar surface area (TPSA) is 27.3 Å². The molecule has 1 unspecified atom stereocenters. The first kappa shape index (κ1) is 40.1. The van der Waals surface area contributed by atoms with Crippen molar-refractivity contribution in [3.63, 3.8) is 0 Å². The summed E-state index contributed by atoms with van der Waals surface area (Å²) in [6.07, 6.45) is 0. The Kier molecular flexibility index (Phi) is 9.23. The number of furan rings is 1. The Morgan fingerprint density at radius 3 is 1.63 bits per heavy atom. The van der Waals surface area contributed by atoms with E-state index >= 15 is 0 Å². The molecule has 0 spiro atoms. The molecular formula is C66H43NO2Si. The molecule has 0 fully saturated rings. The highest BCUT2D eigenvalue weighted by Crippen LogP contribution is 2.42. The van der Waals surface area contributed by atoms with Gasteiger partial charge in [0.15, 0.2) is 8.07 Å². The Morgan fingerprint density at radius 1 is 0.300 bits per heavy atom. The summed E-state index contributed by atoms with van der Waals surface area (Å²) in [7, 11) is -3.43. The molecule has 0 amide bonds. The summed E-state index contributed by atoms with van der Waals surface area (Å²) < 4.78 is 16.4. The van der Waals surface area contributed by atoms with Crippen LogP contribution in [0.1, 0.15) is 0 Å². The highest BCUT2D eigenvalue weighted by molar-refractivity contribution is 7.21. The van der Waals surface area contributed by atoms with Crippen LogP contribution in [0, 0.1) is 0 Å². The molecule has 1 aliphatic rings. The van der Waals surface area contributed by atoms with Crippen molar-refractivity contribution in [2.24, 2.45) is 0 Å². The first-order chi connectivity index (χ1) is 34.7. The molecule has 0 saturated heterocycles. The summed E-state index contributed by atoms with van der Waals surface area (Å²) in [5.41, 5.74) is 14.4. The number of aromatic nitrogens is 1. The molecule has 2 aromatic heterocycles. The summed E-state index contributed by atoms with van der Waals surface area (Å²) in [4.78, 5) is 0. The molecule has 328 valence electrons. The number of fused-ring (bicyclic) bond motifs is 8. The van der Waals surface area contributed by atoms with E-state index in [0.717, 1.165) is 55.8 Å². The molecule has 4 heteroatoms. The third-order valence-corrected chi connectivity index (χ3v) is 19.5. The fourth-order valence-corrected chi connectivity index (χ4v) is 16.9. The van der Waals surface area contributed by atoms with Crippen LogP contribution in [-0.2, 0) is 0 Å². The van der Waals surface area contributed by atoms with Crippen LogP contribution in [0.25, 0.3) is 93.9 Å². The van der Waals surface area contributed by atoms with Crippen molar-refractivity contribution in [1.82, 2.24) is 4.57 Å². The minimum Gasteiger partial charge on any atom is -0.458 e. The zero-order valence-corrected chi connectivity index (χ0v) is 39.1. The van der Waals surface area contributed by atoms with E-state index < -0.39 is 8.07 Å². The van der Waals surface area contributed by atoms with Gasteiger partial charge in [-0.1, -0.05) is 218 Å². The summed E-state index contributed by atoms with van der Waals surface area (Å²) in [6, 6.07) is 95.3. The normalized spacial score (nSPS) is 14.2. The largest absolute Gasteiger partial charge is 0.458 e. The fourth-order valence-electron chi connectivity index (χ4n) is 11.6. The van der Waals surface area contributed by atoms with Gasteiger partial charge >= 0.3 is 0 Å². The van der Waals surface area contributed by atoms with E-state index in [0.29, 0.717) is 0 Å². The second kappa shape index (κ2) is 16.1. The Hall–Kier alpha value is -8.96. The van der Waals surface area contributed by atoms with Gasteiger partial charge in [0.2, 0.25) is 0 Å². The second-order valence-electron chi connectivity index (χ2n) is 18.3.